The van der Waals surface area contributed by atoms with E-state index in [9.17, 15) is 0 Å². The first-order valence-corrected chi connectivity index (χ1v) is 8.00. The van der Waals surface area contributed by atoms with Crippen LogP contribution in [0, 0.1) is 5.92 Å². The second-order valence-electron chi connectivity index (χ2n) is 5.22. The van der Waals surface area contributed by atoms with Crippen molar-refractivity contribution >= 4 is 11.3 Å². The maximum atomic E-state index is 5.23. The van der Waals surface area contributed by atoms with Crippen LogP contribution < -0.4 is 10.1 Å². The molecule has 1 aromatic heterocycles. The van der Waals surface area contributed by atoms with Crippen LogP contribution in [0.5, 0.6) is 5.75 Å². The molecule has 1 saturated carbocycles. The lowest BCUT2D eigenvalue weighted by Crippen LogP contribution is -2.25. The molecule has 1 heterocycles. The molecule has 0 saturated heterocycles. The summed E-state index contributed by atoms with van der Waals surface area (Å²) in [5.74, 6) is 1.71. The Kier molecular flexibility index (Phi) is 4.33. The SMILES string of the molecule is COc1ccc(C(NCCc2nccs2)C2CC2)cc1. The maximum Gasteiger partial charge on any atom is 0.118 e. The van der Waals surface area contributed by atoms with E-state index in [2.05, 4.69) is 22.4 Å². The summed E-state index contributed by atoms with van der Waals surface area (Å²) in [5.41, 5.74) is 1.37. The molecular formula is C16H20N2OS. The minimum atomic E-state index is 0.473. The second-order valence-corrected chi connectivity index (χ2v) is 6.20. The molecule has 2 aromatic rings. The summed E-state index contributed by atoms with van der Waals surface area (Å²) in [4.78, 5) is 4.33. The van der Waals surface area contributed by atoms with Gasteiger partial charge in [-0.15, -0.1) is 11.3 Å². The van der Waals surface area contributed by atoms with Crippen molar-refractivity contribution in [3.8, 4) is 5.75 Å². The smallest absolute Gasteiger partial charge is 0.118 e. The van der Waals surface area contributed by atoms with E-state index in [0.717, 1.165) is 24.6 Å². The third-order valence-corrected chi connectivity index (χ3v) is 4.59. The van der Waals surface area contributed by atoms with Gasteiger partial charge in [0.25, 0.3) is 0 Å². The van der Waals surface area contributed by atoms with Crippen molar-refractivity contribution in [1.29, 1.82) is 0 Å². The quantitative estimate of drug-likeness (QED) is 0.847. The Morgan fingerprint density at radius 1 is 1.35 bits per heavy atom. The molecule has 20 heavy (non-hydrogen) atoms. The highest BCUT2D eigenvalue weighted by Gasteiger charge is 2.31. The normalized spacial score (nSPS) is 16.1. The number of hydrogen-bond acceptors (Lipinski definition) is 4. The fourth-order valence-electron chi connectivity index (χ4n) is 2.51. The first-order valence-electron chi connectivity index (χ1n) is 7.12. The van der Waals surface area contributed by atoms with Crippen LogP contribution in [0.3, 0.4) is 0 Å². The van der Waals surface area contributed by atoms with Crippen molar-refractivity contribution < 1.29 is 4.74 Å². The Morgan fingerprint density at radius 2 is 2.15 bits per heavy atom. The highest BCUT2D eigenvalue weighted by molar-refractivity contribution is 7.09. The molecule has 1 aliphatic rings. The summed E-state index contributed by atoms with van der Waals surface area (Å²) in [6.45, 7) is 0.987. The summed E-state index contributed by atoms with van der Waals surface area (Å²) >= 11 is 1.73. The monoisotopic (exact) mass is 288 g/mol. The summed E-state index contributed by atoms with van der Waals surface area (Å²) in [6, 6.07) is 8.93. The van der Waals surface area contributed by atoms with Gasteiger partial charge in [-0.1, -0.05) is 12.1 Å². The minimum absolute atomic E-state index is 0.473. The van der Waals surface area contributed by atoms with Gasteiger partial charge in [0.05, 0.1) is 12.1 Å². The molecule has 1 fully saturated rings. The van der Waals surface area contributed by atoms with Gasteiger partial charge < -0.3 is 10.1 Å². The number of ether oxygens (including phenoxy) is 1. The van der Waals surface area contributed by atoms with E-state index in [-0.39, 0.29) is 0 Å². The van der Waals surface area contributed by atoms with E-state index in [1.165, 1.54) is 23.4 Å². The molecule has 0 aliphatic heterocycles. The van der Waals surface area contributed by atoms with Crippen LogP contribution in [-0.4, -0.2) is 18.6 Å². The molecule has 0 radical (unpaired) electrons. The van der Waals surface area contributed by atoms with Gasteiger partial charge in [-0.3, -0.25) is 0 Å². The Bertz CT molecular complexity index is 520. The van der Waals surface area contributed by atoms with E-state index in [4.69, 9.17) is 4.74 Å². The average molecular weight is 288 g/mol. The van der Waals surface area contributed by atoms with Crippen LogP contribution >= 0.6 is 11.3 Å². The van der Waals surface area contributed by atoms with E-state index in [0.29, 0.717) is 6.04 Å². The Morgan fingerprint density at radius 3 is 2.75 bits per heavy atom. The highest BCUT2D eigenvalue weighted by Crippen LogP contribution is 2.41. The Labute approximate surface area is 124 Å². The largest absolute Gasteiger partial charge is 0.497 e. The number of benzene rings is 1. The lowest BCUT2D eigenvalue weighted by Gasteiger charge is -2.19. The number of nitrogens with one attached hydrogen (secondary N) is 1. The molecule has 3 nitrogen and oxygen atoms in total. The lowest BCUT2D eigenvalue weighted by atomic mass is 10.0. The molecule has 0 bridgehead atoms. The molecule has 0 spiro atoms. The summed E-state index contributed by atoms with van der Waals surface area (Å²) in [5, 5.41) is 6.95. The number of methoxy groups -OCH3 is 1. The zero-order valence-electron chi connectivity index (χ0n) is 11.7. The second kappa shape index (κ2) is 6.37. The van der Waals surface area contributed by atoms with Gasteiger partial charge in [0, 0.05) is 30.6 Å². The van der Waals surface area contributed by atoms with E-state index >= 15 is 0 Å². The van der Waals surface area contributed by atoms with Gasteiger partial charge in [0.15, 0.2) is 0 Å². The van der Waals surface area contributed by atoms with Crippen molar-refractivity contribution in [2.45, 2.75) is 25.3 Å². The third-order valence-electron chi connectivity index (χ3n) is 3.75. The first kappa shape index (κ1) is 13.6. The molecule has 0 amide bonds. The van der Waals surface area contributed by atoms with Gasteiger partial charge in [-0.2, -0.15) is 0 Å². The van der Waals surface area contributed by atoms with Crippen molar-refractivity contribution in [2.24, 2.45) is 5.92 Å². The summed E-state index contributed by atoms with van der Waals surface area (Å²) in [6.07, 6.45) is 5.56. The molecule has 1 aromatic carbocycles. The van der Waals surface area contributed by atoms with Crippen LogP contribution in [0.1, 0.15) is 29.5 Å². The van der Waals surface area contributed by atoms with Crippen molar-refractivity contribution in [3.63, 3.8) is 0 Å². The topological polar surface area (TPSA) is 34.1 Å². The summed E-state index contributed by atoms with van der Waals surface area (Å²) in [7, 11) is 1.71. The minimum Gasteiger partial charge on any atom is -0.497 e. The van der Waals surface area contributed by atoms with Crippen LogP contribution in [-0.2, 0) is 6.42 Å². The number of rotatable bonds is 7. The molecule has 1 N–H and O–H groups in total. The molecule has 1 atom stereocenters. The van der Waals surface area contributed by atoms with Crippen molar-refractivity contribution in [2.75, 3.05) is 13.7 Å². The van der Waals surface area contributed by atoms with Crippen LogP contribution in [0.2, 0.25) is 0 Å². The first-order chi connectivity index (χ1) is 9.86. The maximum absolute atomic E-state index is 5.23. The number of thiazole rings is 1. The van der Waals surface area contributed by atoms with Crippen LogP contribution in [0.4, 0.5) is 0 Å². The zero-order valence-corrected chi connectivity index (χ0v) is 12.5. The lowest BCUT2D eigenvalue weighted by molar-refractivity contribution is 0.414. The fourth-order valence-corrected chi connectivity index (χ4v) is 3.13. The van der Waals surface area contributed by atoms with E-state index in [1.54, 1.807) is 18.4 Å². The standard InChI is InChI=1S/C16H20N2OS/c1-19-14-6-4-13(5-7-14)16(12-2-3-12)18-9-8-15-17-10-11-20-15/h4-7,10-12,16,18H,2-3,8-9H2,1H3. The van der Waals surface area contributed by atoms with Gasteiger partial charge >= 0.3 is 0 Å². The van der Waals surface area contributed by atoms with Gasteiger partial charge in [0.2, 0.25) is 0 Å². The van der Waals surface area contributed by atoms with Crippen molar-refractivity contribution in [1.82, 2.24) is 10.3 Å². The predicted octanol–water partition coefficient (Wildman–Crippen LogP) is 3.44. The molecule has 4 heteroatoms. The summed E-state index contributed by atoms with van der Waals surface area (Å²) < 4.78 is 5.23. The molecular weight excluding hydrogens is 268 g/mol. The number of nitrogens with zero attached hydrogens (tertiary/aromatic N) is 1. The van der Waals surface area contributed by atoms with Gasteiger partial charge in [-0.25, -0.2) is 4.98 Å². The number of aromatic nitrogens is 1. The third kappa shape index (κ3) is 3.38. The molecule has 1 aliphatic carbocycles. The van der Waals surface area contributed by atoms with Crippen LogP contribution in [0.25, 0.3) is 0 Å². The van der Waals surface area contributed by atoms with Gasteiger partial charge in [0.1, 0.15) is 5.75 Å². The molecule has 106 valence electrons. The van der Waals surface area contributed by atoms with E-state index < -0.39 is 0 Å². The zero-order chi connectivity index (χ0) is 13.8. The van der Waals surface area contributed by atoms with Gasteiger partial charge in [-0.05, 0) is 36.5 Å². The number of hydrogen-bond donors (Lipinski definition) is 1. The molecule has 1 unspecified atom stereocenters. The fraction of sp³-hybridized carbons (Fsp3) is 0.438. The molecule has 3 rings (SSSR count). The Balaban J connectivity index is 1.60. The van der Waals surface area contributed by atoms with E-state index in [1.807, 2.05) is 23.7 Å². The van der Waals surface area contributed by atoms with Crippen LogP contribution in [0.15, 0.2) is 35.8 Å². The Hall–Kier alpha value is -1.39. The average Bonchev–Trinajstić information content (AvgIpc) is 3.20. The van der Waals surface area contributed by atoms with Crippen molar-refractivity contribution in [3.05, 3.63) is 46.4 Å². The predicted molar refractivity (Wildman–Crippen MR) is 82.3 cm³/mol. The highest BCUT2D eigenvalue weighted by atomic mass is 32.1.